The van der Waals surface area contributed by atoms with Crippen LogP contribution in [0, 0.1) is 0 Å². The van der Waals surface area contributed by atoms with Crippen LogP contribution in [-0.2, 0) is 9.09 Å². The standard InChI is InChI=1S/C9H9F10N2O2P/c1-20-3-4-21(2)5(20)23-24(22,8(16,17)6(10,11)12)9(18,19)7(13,14)15/h3-5H,1-2H3. The molecule has 15 heteroatoms. The van der Waals surface area contributed by atoms with E-state index in [1.165, 1.54) is 0 Å². The number of halogens is 10. The van der Waals surface area contributed by atoms with Gasteiger partial charge in [0, 0.05) is 26.5 Å². The van der Waals surface area contributed by atoms with Crippen LogP contribution in [-0.4, -0.2) is 53.9 Å². The zero-order valence-electron chi connectivity index (χ0n) is 11.7. The van der Waals surface area contributed by atoms with Gasteiger partial charge < -0.3 is 9.80 Å². The minimum atomic E-state index is -8.03. The van der Waals surface area contributed by atoms with Crippen molar-refractivity contribution in [3.05, 3.63) is 12.4 Å². The zero-order valence-corrected chi connectivity index (χ0v) is 12.6. The Morgan fingerprint density at radius 2 is 1.08 bits per heavy atom. The fourth-order valence-electron chi connectivity index (χ4n) is 1.57. The fraction of sp³-hybridized carbons (Fsp3) is 0.778. The molecule has 0 fully saturated rings. The first-order valence-electron chi connectivity index (χ1n) is 5.70. The predicted octanol–water partition coefficient (Wildman–Crippen LogP) is 4.22. The van der Waals surface area contributed by atoms with E-state index in [4.69, 9.17) is 0 Å². The molecule has 0 saturated carbocycles. The average molecular weight is 398 g/mol. The zero-order chi connectivity index (χ0) is 19.4. The highest BCUT2D eigenvalue weighted by Crippen LogP contribution is 2.78. The molecule has 0 aromatic rings. The highest BCUT2D eigenvalue weighted by molar-refractivity contribution is 7.61. The second-order valence-electron chi connectivity index (χ2n) is 4.69. The Hall–Kier alpha value is -1.17. The van der Waals surface area contributed by atoms with Gasteiger partial charge in [0.2, 0.25) is 6.35 Å². The molecule has 1 aliphatic rings. The molecule has 1 rings (SSSR count). The number of hydrogen-bond donors (Lipinski definition) is 0. The summed E-state index contributed by atoms with van der Waals surface area (Å²) in [5, 5.41) is 0. The smallest absolute Gasteiger partial charge is 0.337 e. The quantitative estimate of drug-likeness (QED) is 0.525. The Morgan fingerprint density at radius 3 is 1.33 bits per heavy atom. The monoisotopic (exact) mass is 398 g/mol. The van der Waals surface area contributed by atoms with Crippen molar-refractivity contribution in [3.8, 4) is 0 Å². The minimum absolute atomic E-state index is 0.575. The first-order chi connectivity index (χ1) is 10.4. The summed E-state index contributed by atoms with van der Waals surface area (Å²) in [7, 11) is -6.21. The Labute approximate surface area is 128 Å². The van der Waals surface area contributed by atoms with Gasteiger partial charge in [0.25, 0.3) is 0 Å². The highest BCUT2D eigenvalue weighted by Gasteiger charge is 2.85. The van der Waals surface area contributed by atoms with Gasteiger partial charge in [-0.2, -0.15) is 43.9 Å². The summed E-state index contributed by atoms with van der Waals surface area (Å²) in [6.45, 7) is 0. The van der Waals surface area contributed by atoms with Crippen LogP contribution in [0.5, 0.6) is 0 Å². The molecule has 0 saturated heterocycles. The van der Waals surface area contributed by atoms with Crippen molar-refractivity contribution in [2.45, 2.75) is 30.0 Å². The van der Waals surface area contributed by atoms with E-state index in [-0.39, 0.29) is 0 Å². The number of rotatable bonds is 4. The molecule has 0 aliphatic carbocycles. The third kappa shape index (κ3) is 2.93. The van der Waals surface area contributed by atoms with Crippen molar-refractivity contribution in [1.82, 2.24) is 9.80 Å². The van der Waals surface area contributed by atoms with E-state index in [1.807, 2.05) is 0 Å². The molecule has 0 aromatic carbocycles. The Morgan fingerprint density at radius 1 is 0.792 bits per heavy atom. The van der Waals surface area contributed by atoms with Crippen molar-refractivity contribution in [1.29, 1.82) is 0 Å². The lowest BCUT2D eigenvalue weighted by atomic mass is 10.7. The van der Waals surface area contributed by atoms with Crippen LogP contribution in [0.1, 0.15) is 0 Å². The molecule has 0 unspecified atom stereocenters. The molecule has 1 aliphatic heterocycles. The van der Waals surface area contributed by atoms with Gasteiger partial charge in [0.1, 0.15) is 0 Å². The lowest BCUT2D eigenvalue weighted by molar-refractivity contribution is -0.274. The van der Waals surface area contributed by atoms with Crippen LogP contribution in [0.15, 0.2) is 12.4 Å². The maximum atomic E-state index is 13.4. The Balaban J connectivity index is 3.52. The van der Waals surface area contributed by atoms with Gasteiger partial charge in [-0.15, -0.1) is 0 Å². The highest BCUT2D eigenvalue weighted by atomic mass is 31.2. The van der Waals surface area contributed by atoms with E-state index in [1.54, 1.807) is 0 Å². The van der Waals surface area contributed by atoms with Gasteiger partial charge in [0.15, 0.2) is 0 Å². The van der Waals surface area contributed by atoms with E-state index in [2.05, 4.69) is 4.52 Å². The summed E-state index contributed by atoms with van der Waals surface area (Å²) in [6.07, 6.45) is -14.4. The molecule has 0 radical (unpaired) electrons. The molecule has 0 N–H and O–H groups in total. The van der Waals surface area contributed by atoms with Crippen LogP contribution >= 0.6 is 7.37 Å². The normalized spacial score (nSPS) is 18.7. The van der Waals surface area contributed by atoms with Crippen LogP contribution in [0.2, 0.25) is 0 Å². The van der Waals surface area contributed by atoms with Gasteiger partial charge in [-0.3, -0.25) is 9.09 Å². The second kappa shape index (κ2) is 5.68. The first-order valence-corrected chi connectivity index (χ1v) is 7.32. The van der Waals surface area contributed by atoms with Gasteiger partial charge in [-0.05, 0) is 0 Å². The Bertz CT molecular complexity index is 516. The molecule has 1 heterocycles. The van der Waals surface area contributed by atoms with E-state index in [0.29, 0.717) is 9.80 Å². The Kier molecular flexibility index (Phi) is 4.94. The van der Waals surface area contributed by atoms with Crippen molar-refractivity contribution in [2.24, 2.45) is 0 Å². The molecule has 0 atom stereocenters. The average Bonchev–Trinajstić information content (AvgIpc) is 2.67. The number of hydrogen-bond acceptors (Lipinski definition) is 4. The van der Waals surface area contributed by atoms with E-state index in [0.717, 1.165) is 26.5 Å². The predicted molar refractivity (Wildman–Crippen MR) is 59.1 cm³/mol. The van der Waals surface area contributed by atoms with Crippen molar-refractivity contribution in [2.75, 3.05) is 14.1 Å². The van der Waals surface area contributed by atoms with Gasteiger partial charge in [-0.25, -0.2) is 0 Å². The largest absolute Gasteiger partial charge is 0.463 e. The molecule has 0 aromatic heterocycles. The summed E-state index contributed by atoms with van der Waals surface area (Å²) in [4.78, 5) is 1.15. The molecule has 0 bridgehead atoms. The third-order valence-electron chi connectivity index (χ3n) is 2.90. The third-order valence-corrected chi connectivity index (χ3v) is 5.37. The fourth-order valence-corrected chi connectivity index (χ4v) is 3.42. The maximum absolute atomic E-state index is 13.4. The summed E-state index contributed by atoms with van der Waals surface area (Å²) in [5.41, 5.74) is -13.9. The SMILES string of the molecule is CN1C=CN(C)C1OP(=O)(C(F)(F)C(F)(F)F)C(F)(F)C(F)(F)F. The molecule has 0 amide bonds. The number of nitrogens with zero attached hydrogens (tertiary/aromatic N) is 2. The second-order valence-corrected chi connectivity index (χ2v) is 7.13. The van der Waals surface area contributed by atoms with Crippen LogP contribution in [0.25, 0.3) is 0 Å². The van der Waals surface area contributed by atoms with Crippen LogP contribution in [0.3, 0.4) is 0 Å². The lowest BCUT2D eigenvalue weighted by Crippen LogP contribution is -2.50. The van der Waals surface area contributed by atoms with E-state index >= 15 is 0 Å². The van der Waals surface area contributed by atoms with E-state index in [9.17, 15) is 48.5 Å². The van der Waals surface area contributed by atoms with Crippen molar-refractivity contribution in [3.63, 3.8) is 0 Å². The van der Waals surface area contributed by atoms with Crippen molar-refractivity contribution < 1.29 is 53.0 Å². The summed E-state index contributed by atoms with van der Waals surface area (Å²) in [5.74, 6) is 0. The molecular formula is C9H9F10N2O2P. The van der Waals surface area contributed by atoms with E-state index < -0.39 is 37.4 Å². The lowest BCUT2D eigenvalue weighted by Gasteiger charge is -2.38. The van der Waals surface area contributed by atoms with Crippen molar-refractivity contribution >= 4 is 7.37 Å². The van der Waals surface area contributed by atoms with Crippen LogP contribution in [0.4, 0.5) is 43.9 Å². The number of alkyl halides is 10. The molecular weight excluding hydrogens is 389 g/mol. The summed E-state index contributed by atoms with van der Waals surface area (Å²) < 4.78 is 143. The first kappa shape index (κ1) is 20.9. The maximum Gasteiger partial charge on any atom is 0.463 e. The molecule has 24 heavy (non-hydrogen) atoms. The van der Waals surface area contributed by atoms with Crippen LogP contribution < -0.4 is 0 Å². The molecule has 142 valence electrons. The topological polar surface area (TPSA) is 32.8 Å². The van der Waals surface area contributed by atoms with Gasteiger partial charge in [-0.1, -0.05) is 0 Å². The minimum Gasteiger partial charge on any atom is -0.337 e. The van der Waals surface area contributed by atoms with Gasteiger partial charge >= 0.3 is 31.0 Å². The summed E-state index contributed by atoms with van der Waals surface area (Å²) >= 11 is 0. The summed E-state index contributed by atoms with van der Waals surface area (Å²) in [6, 6.07) is 0. The van der Waals surface area contributed by atoms with Gasteiger partial charge in [0.05, 0.1) is 0 Å². The molecule has 0 spiro atoms. The molecule has 4 nitrogen and oxygen atoms in total.